The van der Waals surface area contributed by atoms with Gasteiger partial charge in [0, 0.05) is 12.8 Å². The van der Waals surface area contributed by atoms with E-state index >= 15 is 0 Å². The molecule has 0 aromatic rings. The van der Waals surface area contributed by atoms with Crippen LogP contribution in [0, 0.1) is 0 Å². The van der Waals surface area contributed by atoms with Gasteiger partial charge in [0.05, 0.1) is 0 Å². The summed E-state index contributed by atoms with van der Waals surface area (Å²) in [7, 11) is 0. The van der Waals surface area contributed by atoms with Crippen molar-refractivity contribution in [2.75, 3.05) is 13.1 Å². The molecule has 10 heteroatoms. The Bertz CT molecular complexity index is 320. The molecule has 4 N–H and O–H groups in total. The van der Waals surface area contributed by atoms with Crippen LogP contribution in [0.5, 0.6) is 0 Å². The zero-order valence-electron chi connectivity index (χ0n) is 9.85. The van der Waals surface area contributed by atoms with Crippen LogP contribution in [-0.4, -0.2) is 57.4 Å². The minimum absolute atomic E-state index is 0.0632. The second-order valence-electron chi connectivity index (χ2n) is 3.03. The fraction of sp³-hybridized carbons (Fsp3) is 0.556. The van der Waals surface area contributed by atoms with E-state index in [4.69, 9.17) is 20.4 Å². The number of aliphatic carboxylic acids is 4. The summed E-state index contributed by atoms with van der Waals surface area (Å²) in [5, 5.41) is 38.1. The van der Waals surface area contributed by atoms with Crippen LogP contribution in [0.1, 0.15) is 19.3 Å². The SMILES string of the molecule is O=C(O)CCCC(=O)O.O=C(O)CN=NCC(=O)O. The van der Waals surface area contributed by atoms with Crippen molar-refractivity contribution in [1.82, 2.24) is 0 Å². The van der Waals surface area contributed by atoms with Gasteiger partial charge in [-0.05, 0) is 6.42 Å². The maximum Gasteiger partial charge on any atom is 0.327 e. The lowest BCUT2D eigenvalue weighted by Gasteiger charge is -1.89. The third-order valence-corrected chi connectivity index (χ3v) is 1.29. The van der Waals surface area contributed by atoms with Gasteiger partial charge in [-0.25, -0.2) is 0 Å². The lowest BCUT2D eigenvalue weighted by Crippen LogP contribution is -2.01. The summed E-state index contributed by atoms with van der Waals surface area (Å²) >= 11 is 0. The Morgan fingerprint density at radius 2 is 0.947 bits per heavy atom. The normalized spacial score (nSPS) is 9.47. The maximum absolute atomic E-state index is 9.79. The lowest BCUT2D eigenvalue weighted by atomic mass is 10.2. The molecule has 0 bridgehead atoms. The van der Waals surface area contributed by atoms with Crippen molar-refractivity contribution in [3.8, 4) is 0 Å². The van der Waals surface area contributed by atoms with Gasteiger partial charge in [0.25, 0.3) is 0 Å². The van der Waals surface area contributed by atoms with Crippen LogP contribution in [-0.2, 0) is 19.2 Å². The van der Waals surface area contributed by atoms with Gasteiger partial charge in [0.1, 0.15) is 0 Å². The highest BCUT2D eigenvalue weighted by Crippen LogP contribution is 1.93. The molecule has 0 aromatic heterocycles. The Balaban J connectivity index is 0. The number of carboxylic acid groups (broad SMARTS) is 4. The van der Waals surface area contributed by atoms with Crippen molar-refractivity contribution >= 4 is 23.9 Å². The van der Waals surface area contributed by atoms with Crippen molar-refractivity contribution in [3.63, 3.8) is 0 Å². The van der Waals surface area contributed by atoms with Crippen LogP contribution < -0.4 is 0 Å². The zero-order valence-corrected chi connectivity index (χ0v) is 9.85. The van der Waals surface area contributed by atoms with E-state index in [2.05, 4.69) is 10.2 Å². The fourth-order valence-corrected chi connectivity index (χ4v) is 0.612. The minimum atomic E-state index is -1.13. The van der Waals surface area contributed by atoms with E-state index < -0.39 is 37.0 Å². The molecule has 0 aliphatic rings. The molecule has 0 atom stereocenters. The standard InChI is InChI=1S/C5H8O4.C4H6N2O4/c6-4(7)2-1-3-5(8)9;7-3(8)1-5-6-2-4(9)10/h1-3H2,(H,6,7)(H,8,9);1-2H2,(H,7,8)(H,9,10). The fourth-order valence-electron chi connectivity index (χ4n) is 0.612. The Morgan fingerprint density at radius 3 is 1.16 bits per heavy atom. The molecule has 0 heterocycles. The van der Waals surface area contributed by atoms with E-state index in [0.717, 1.165) is 0 Å². The number of carbonyl (C=O) groups is 4. The maximum atomic E-state index is 9.79. The second kappa shape index (κ2) is 12.0. The number of azo groups is 1. The van der Waals surface area contributed by atoms with Gasteiger partial charge in [0.2, 0.25) is 0 Å². The van der Waals surface area contributed by atoms with Gasteiger partial charge in [-0.2, -0.15) is 10.2 Å². The van der Waals surface area contributed by atoms with E-state index in [1.807, 2.05) is 0 Å². The first-order valence-corrected chi connectivity index (χ1v) is 4.96. The smallest absolute Gasteiger partial charge is 0.327 e. The molecule has 0 saturated carbocycles. The van der Waals surface area contributed by atoms with Crippen LogP contribution in [0.3, 0.4) is 0 Å². The van der Waals surface area contributed by atoms with Crippen LogP contribution in [0.15, 0.2) is 10.2 Å². The predicted octanol–water partition coefficient (Wildman–Crippen LogP) is -0.0663. The number of rotatable bonds is 8. The van der Waals surface area contributed by atoms with Gasteiger partial charge in [0.15, 0.2) is 13.1 Å². The van der Waals surface area contributed by atoms with Gasteiger partial charge >= 0.3 is 23.9 Å². The van der Waals surface area contributed by atoms with Gasteiger partial charge in [-0.1, -0.05) is 0 Å². The summed E-state index contributed by atoms with van der Waals surface area (Å²) in [6.45, 7) is -0.958. The summed E-state index contributed by atoms with van der Waals surface area (Å²) in [6.07, 6.45) is 0.0866. The highest BCUT2D eigenvalue weighted by Gasteiger charge is 1.99. The Labute approximate surface area is 107 Å². The number of hydrogen-bond acceptors (Lipinski definition) is 6. The quantitative estimate of drug-likeness (QED) is 0.446. The van der Waals surface area contributed by atoms with Crippen molar-refractivity contribution in [1.29, 1.82) is 0 Å². The molecule has 0 aromatic carbocycles. The molecule has 0 unspecified atom stereocenters. The molecule has 0 amide bonds. The molecule has 0 rings (SSSR count). The first kappa shape index (κ1) is 18.8. The number of hydrogen-bond donors (Lipinski definition) is 4. The lowest BCUT2D eigenvalue weighted by molar-refractivity contribution is -0.139. The van der Waals surface area contributed by atoms with Crippen molar-refractivity contribution in [2.24, 2.45) is 10.2 Å². The van der Waals surface area contributed by atoms with Gasteiger partial charge in [-0.15, -0.1) is 0 Å². The summed E-state index contributed by atoms with van der Waals surface area (Å²) in [4.78, 5) is 39.1. The first-order chi connectivity index (χ1) is 8.75. The molecule has 0 aliphatic heterocycles. The molecule has 0 radical (unpaired) electrons. The Hall–Kier alpha value is -2.52. The average Bonchev–Trinajstić information content (AvgIpc) is 2.23. The molecular formula is C9H14N2O8. The summed E-state index contributed by atoms with van der Waals surface area (Å²) in [5.41, 5.74) is 0. The van der Waals surface area contributed by atoms with Crippen LogP contribution in [0.4, 0.5) is 0 Å². The van der Waals surface area contributed by atoms with Crippen molar-refractivity contribution in [3.05, 3.63) is 0 Å². The molecule has 0 spiro atoms. The highest BCUT2D eigenvalue weighted by molar-refractivity contribution is 5.70. The van der Waals surface area contributed by atoms with Crippen molar-refractivity contribution < 1.29 is 39.6 Å². The summed E-state index contributed by atoms with van der Waals surface area (Å²) in [5.74, 6) is -4.16. The zero-order chi connectivity index (χ0) is 15.3. The molecule has 0 aliphatic carbocycles. The molecule has 108 valence electrons. The van der Waals surface area contributed by atoms with Crippen LogP contribution >= 0.6 is 0 Å². The second-order valence-corrected chi connectivity index (χ2v) is 3.03. The average molecular weight is 278 g/mol. The van der Waals surface area contributed by atoms with Crippen LogP contribution in [0.25, 0.3) is 0 Å². The first-order valence-electron chi connectivity index (χ1n) is 4.96. The Morgan fingerprint density at radius 1 is 0.632 bits per heavy atom. The molecule has 0 saturated heterocycles. The summed E-state index contributed by atoms with van der Waals surface area (Å²) < 4.78 is 0. The highest BCUT2D eigenvalue weighted by atomic mass is 16.4. The van der Waals surface area contributed by atoms with E-state index in [0.29, 0.717) is 0 Å². The molecule has 19 heavy (non-hydrogen) atoms. The van der Waals surface area contributed by atoms with E-state index in [9.17, 15) is 19.2 Å². The topological polar surface area (TPSA) is 174 Å². The van der Waals surface area contributed by atoms with E-state index in [1.165, 1.54) is 0 Å². The van der Waals surface area contributed by atoms with E-state index in [1.54, 1.807) is 0 Å². The number of nitrogens with zero attached hydrogens (tertiary/aromatic N) is 2. The van der Waals surface area contributed by atoms with Gasteiger partial charge < -0.3 is 20.4 Å². The minimum Gasteiger partial charge on any atom is -0.481 e. The van der Waals surface area contributed by atoms with Crippen LogP contribution in [0.2, 0.25) is 0 Å². The van der Waals surface area contributed by atoms with Gasteiger partial charge in [-0.3, -0.25) is 19.2 Å². The van der Waals surface area contributed by atoms with E-state index in [-0.39, 0.29) is 19.3 Å². The monoisotopic (exact) mass is 278 g/mol. The van der Waals surface area contributed by atoms with Crippen molar-refractivity contribution in [2.45, 2.75) is 19.3 Å². The number of carboxylic acids is 4. The molecule has 0 fully saturated rings. The predicted molar refractivity (Wildman–Crippen MR) is 59.0 cm³/mol. The molecular weight excluding hydrogens is 264 g/mol. The summed E-state index contributed by atoms with van der Waals surface area (Å²) in [6, 6.07) is 0. The Kier molecular flexibility index (Phi) is 11.8. The largest absolute Gasteiger partial charge is 0.481 e. The molecule has 10 nitrogen and oxygen atoms in total. The third-order valence-electron chi connectivity index (χ3n) is 1.29. The third kappa shape index (κ3) is 25.6.